The Balaban J connectivity index is 1.79. The highest BCUT2D eigenvalue weighted by molar-refractivity contribution is 7.16. The third-order valence-corrected chi connectivity index (χ3v) is 5.42. The normalized spacial score (nSPS) is 13.8. The van der Waals surface area contributed by atoms with E-state index in [1.54, 1.807) is 11.3 Å². The van der Waals surface area contributed by atoms with Crippen LogP contribution in [0.15, 0.2) is 24.3 Å². The molecule has 3 nitrogen and oxygen atoms in total. The highest BCUT2D eigenvalue weighted by Gasteiger charge is 2.19. The molecule has 1 heterocycles. The summed E-state index contributed by atoms with van der Waals surface area (Å²) < 4.78 is 0. The van der Waals surface area contributed by atoms with Gasteiger partial charge in [-0.15, -0.1) is 11.3 Å². The number of nitrogens with one attached hydrogen (secondary N) is 1. The number of rotatable bonds is 3. The monoisotopic (exact) mass is 300 g/mol. The topological polar surface area (TPSA) is 55.1 Å². The summed E-state index contributed by atoms with van der Waals surface area (Å²) in [5, 5.41) is 4.08. The Labute approximate surface area is 129 Å². The van der Waals surface area contributed by atoms with Gasteiger partial charge in [-0.25, -0.2) is 0 Å². The number of hydrogen-bond donors (Lipinski definition) is 2. The van der Waals surface area contributed by atoms with Gasteiger partial charge in [0.05, 0.1) is 5.00 Å². The lowest BCUT2D eigenvalue weighted by Crippen LogP contribution is -2.12. The molecule has 110 valence electrons. The molecule has 1 aromatic heterocycles. The summed E-state index contributed by atoms with van der Waals surface area (Å²) in [5.74, 6) is -0.0414. The van der Waals surface area contributed by atoms with Crippen molar-refractivity contribution in [2.45, 2.75) is 39.2 Å². The largest absolute Gasteiger partial charge is 0.326 e. The molecule has 1 aromatic carbocycles. The quantitative estimate of drug-likeness (QED) is 0.909. The SMILES string of the molecule is Cc1c(NC(=O)c2ccc(CN)cc2)sc2c1CCCC2. The van der Waals surface area contributed by atoms with Crippen LogP contribution >= 0.6 is 11.3 Å². The molecular formula is C17H20N2OS. The van der Waals surface area contributed by atoms with E-state index in [-0.39, 0.29) is 5.91 Å². The molecular weight excluding hydrogens is 280 g/mol. The maximum atomic E-state index is 12.3. The van der Waals surface area contributed by atoms with Crippen LogP contribution in [0, 0.1) is 6.92 Å². The number of carbonyl (C=O) groups excluding carboxylic acids is 1. The van der Waals surface area contributed by atoms with Crippen molar-refractivity contribution in [2.24, 2.45) is 5.73 Å². The third kappa shape index (κ3) is 2.87. The van der Waals surface area contributed by atoms with Crippen molar-refractivity contribution in [1.29, 1.82) is 0 Å². The zero-order valence-electron chi connectivity index (χ0n) is 12.2. The van der Waals surface area contributed by atoms with Crippen LogP contribution in [0.2, 0.25) is 0 Å². The predicted octanol–water partition coefficient (Wildman–Crippen LogP) is 3.65. The molecule has 0 radical (unpaired) electrons. The smallest absolute Gasteiger partial charge is 0.256 e. The van der Waals surface area contributed by atoms with Gasteiger partial charge in [0.15, 0.2) is 0 Å². The summed E-state index contributed by atoms with van der Waals surface area (Å²) in [5.41, 5.74) is 10.0. The molecule has 0 fully saturated rings. The van der Waals surface area contributed by atoms with E-state index >= 15 is 0 Å². The second kappa shape index (κ2) is 6.00. The van der Waals surface area contributed by atoms with Crippen molar-refractivity contribution in [3.05, 3.63) is 51.4 Å². The van der Waals surface area contributed by atoms with Crippen molar-refractivity contribution in [2.75, 3.05) is 5.32 Å². The molecule has 3 rings (SSSR count). The molecule has 0 aliphatic heterocycles. The first kappa shape index (κ1) is 14.3. The van der Waals surface area contributed by atoms with Crippen LogP contribution in [0.1, 0.15) is 44.8 Å². The van der Waals surface area contributed by atoms with Gasteiger partial charge in [-0.3, -0.25) is 4.79 Å². The average molecular weight is 300 g/mol. The zero-order valence-corrected chi connectivity index (χ0v) is 13.1. The molecule has 1 amide bonds. The molecule has 0 saturated carbocycles. The van der Waals surface area contributed by atoms with Gasteiger partial charge in [-0.05, 0) is 61.4 Å². The molecule has 0 saturated heterocycles. The molecule has 0 atom stereocenters. The van der Waals surface area contributed by atoms with E-state index in [0.717, 1.165) is 23.4 Å². The van der Waals surface area contributed by atoms with Crippen molar-refractivity contribution >= 4 is 22.2 Å². The summed E-state index contributed by atoms with van der Waals surface area (Å²) in [7, 11) is 0. The molecule has 0 spiro atoms. The first-order valence-electron chi connectivity index (χ1n) is 7.40. The second-order valence-electron chi connectivity index (χ2n) is 5.52. The lowest BCUT2D eigenvalue weighted by molar-refractivity contribution is 0.102. The summed E-state index contributed by atoms with van der Waals surface area (Å²) in [6.07, 6.45) is 4.83. The summed E-state index contributed by atoms with van der Waals surface area (Å²) in [6.45, 7) is 2.62. The molecule has 1 aliphatic rings. The standard InChI is InChI=1S/C17H20N2OS/c1-11-14-4-2-3-5-15(14)21-17(11)19-16(20)13-8-6-12(10-18)7-9-13/h6-9H,2-5,10,18H2,1H3,(H,19,20). The van der Waals surface area contributed by atoms with Crippen LogP contribution in [-0.2, 0) is 19.4 Å². The number of amides is 1. The van der Waals surface area contributed by atoms with Gasteiger partial charge in [-0.1, -0.05) is 12.1 Å². The maximum absolute atomic E-state index is 12.3. The Kier molecular flexibility index (Phi) is 4.08. The average Bonchev–Trinajstić information content (AvgIpc) is 2.84. The minimum atomic E-state index is -0.0414. The van der Waals surface area contributed by atoms with Crippen LogP contribution in [0.5, 0.6) is 0 Å². The fourth-order valence-corrected chi connectivity index (χ4v) is 4.10. The molecule has 0 unspecified atom stereocenters. The fourth-order valence-electron chi connectivity index (χ4n) is 2.81. The second-order valence-corrected chi connectivity index (χ2v) is 6.63. The van der Waals surface area contributed by atoms with Crippen LogP contribution in [0.4, 0.5) is 5.00 Å². The fraction of sp³-hybridized carbons (Fsp3) is 0.353. The van der Waals surface area contributed by atoms with Crippen molar-refractivity contribution < 1.29 is 4.79 Å². The van der Waals surface area contributed by atoms with E-state index in [2.05, 4.69) is 12.2 Å². The Morgan fingerprint density at radius 1 is 1.24 bits per heavy atom. The Bertz CT molecular complexity index is 658. The van der Waals surface area contributed by atoms with Gasteiger partial charge in [0, 0.05) is 17.0 Å². The van der Waals surface area contributed by atoms with Gasteiger partial charge in [-0.2, -0.15) is 0 Å². The van der Waals surface area contributed by atoms with Crippen molar-refractivity contribution in [3.63, 3.8) is 0 Å². The maximum Gasteiger partial charge on any atom is 0.256 e. The van der Waals surface area contributed by atoms with E-state index < -0.39 is 0 Å². The van der Waals surface area contributed by atoms with Crippen LogP contribution < -0.4 is 11.1 Å². The van der Waals surface area contributed by atoms with E-state index in [4.69, 9.17) is 5.73 Å². The Morgan fingerprint density at radius 2 is 1.95 bits per heavy atom. The highest BCUT2D eigenvalue weighted by Crippen LogP contribution is 2.37. The molecule has 0 bridgehead atoms. The summed E-state index contributed by atoms with van der Waals surface area (Å²) in [6, 6.07) is 7.48. The van der Waals surface area contributed by atoms with Crippen molar-refractivity contribution in [3.8, 4) is 0 Å². The van der Waals surface area contributed by atoms with E-state index in [0.29, 0.717) is 12.1 Å². The van der Waals surface area contributed by atoms with Crippen molar-refractivity contribution in [1.82, 2.24) is 0 Å². The zero-order chi connectivity index (χ0) is 14.8. The first-order chi connectivity index (χ1) is 10.2. The van der Waals surface area contributed by atoms with Gasteiger partial charge in [0.25, 0.3) is 5.91 Å². The first-order valence-corrected chi connectivity index (χ1v) is 8.22. The van der Waals surface area contributed by atoms with Gasteiger partial charge in [0.1, 0.15) is 0 Å². The van der Waals surface area contributed by atoms with Crippen LogP contribution in [-0.4, -0.2) is 5.91 Å². The van der Waals surface area contributed by atoms with E-state index in [9.17, 15) is 4.79 Å². The summed E-state index contributed by atoms with van der Waals surface area (Å²) >= 11 is 1.74. The minimum absolute atomic E-state index is 0.0414. The number of aryl methyl sites for hydroxylation is 1. The van der Waals surface area contributed by atoms with Gasteiger partial charge >= 0.3 is 0 Å². The number of hydrogen-bond acceptors (Lipinski definition) is 3. The summed E-state index contributed by atoms with van der Waals surface area (Å²) in [4.78, 5) is 13.8. The van der Waals surface area contributed by atoms with E-state index in [1.807, 2.05) is 24.3 Å². The molecule has 1 aliphatic carbocycles. The number of thiophene rings is 1. The Hall–Kier alpha value is -1.65. The molecule has 3 N–H and O–H groups in total. The van der Waals surface area contributed by atoms with Gasteiger partial charge in [0.2, 0.25) is 0 Å². The van der Waals surface area contributed by atoms with E-state index in [1.165, 1.54) is 28.8 Å². The number of anilines is 1. The highest BCUT2D eigenvalue weighted by atomic mass is 32.1. The molecule has 4 heteroatoms. The lowest BCUT2D eigenvalue weighted by Gasteiger charge is -2.10. The predicted molar refractivity (Wildman–Crippen MR) is 88.0 cm³/mol. The van der Waals surface area contributed by atoms with Gasteiger partial charge < -0.3 is 11.1 Å². The number of nitrogens with two attached hydrogens (primary N) is 1. The number of carbonyl (C=O) groups is 1. The molecule has 21 heavy (non-hydrogen) atoms. The Morgan fingerprint density at radius 3 is 2.62 bits per heavy atom. The number of benzene rings is 1. The minimum Gasteiger partial charge on any atom is -0.326 e. The lowest BCUT2D eigenvalue weighted by atomic mass is 9.96. The molecule has 2 aromatic rings. The van der Waals surface area contributed by atoms with Crippen LogP contribution in [0.3, 0.4) is 0 Å². The number of fused-ring (bicyclic) bond motifs is 1. The third-order valence-electron chi connectivity index (χ3n) is 4.11. The van der Waals surface area contributed by atoms with Crippen LogP contribution in [0.25, 0.3) is 0 Å².